The molecule has 0 fully saturated rings. The van der Waals surface area contributed by atoms with Gasteiger partial charge < -0.3 is 31.8 Å². The third-order valence-corrected chi connectivity index (χ3v) is 5.48. The standard InChI is InChI=1S/C25H21F4N5O3/c26-17-9-6-14(25(27,28)29)12-19(17)33-24(37)32-15-7-4-13(5-8-15)20-16-2-1-3-18(31-10-11-35)21(16)34-22(20)23(30)36/h1-9,12,31,34-35H,10-11H2,(H2,30,36)(H2,32,33,37). The molecule has 12 heteroatoms. The highest BCUT2D eigenvalue weighted by atomic mass is 19.4. The minimum absolute atomic E-state index is 0.0882. The van der Waals surface area contributed by atoms with Gasteiger partial charge in [-0.3, -0.25) is 4.79 Å². The summed E-state index contributed by atoms with van der Waals surface area (Å²) in [6, 6.07) is 12.3. The number of rotatable bonds is 7. The molecule has 0 saturated heterocycles. The minimum atomic E-state index is -4.70. The second-order valence-electron chi connectivity index (χ2n) is 7.97. The van der Waals surface area contributed by atoms with Crippen LogP contribution in [0, 0.1) is 5.82 Å². The molecule has 1 aromatic heterocycles. The van der Waals surface area contributed by atoms with E-state index in [1.54, 1.807) is 30.3 Å². The Morgan fingerprint density at radius 3 is 2.35 bits per heavy atom. The van der Waals surface area contributed by atoms with Crippen molar-refractivity contribution >= 4 is 39.9 Å². The maximum Gasteiger partial charge on any atom is 0.416 e. The zero-order valence-electron chi connectivity index (χ0n) is 19.0. The highest BCUT2D eigenvalue weighted by Gasteiger charge is 2.31. The number of aliphatic hydroxyl groups excluding tert-OH is 1. The van der Waals surface area contributed by atoms with Gasteiger partial charge in [0.15, 0.2) is 0 Å². The van der Waals surface area contributed by atoms with Crippen molar-refractivity contribution in [1.29, 1.82) is 0 Å². The summed E-state index contributed by atoms with van der Waals surface area (Å²) in [5.41, 5.74) is 6.68. The van der Waals surface area contributed by atoms with E-state index in [2.05, 4.69) is 20.9 Å². The molecule has 8 nitrogen and oxygen atoms in total. The molecule has 37 heavy (non-hydrogen) atoms. The second kappa shape index (κ2) is 10.2. The number of hydrogen-bond acceptors (Lipinski definition) is 4. The first-order valence-electron chi connectivity index (χ1n) is 10.9. The molecular formula is C25H21F4N5O3. The number of carbonyl (C=O) groups excluding carboxylic acids is 2. The molecule has 0 bridgehead atoms. The fraction of sp³-hybridized carbons (Fsp3) is 0.120. The maximum atomic E-state index is 13.9. The van der Waals surface area contributed by atoms with Gasteiger partial charge in [-0.25, -0.2) is 9.18 Å². The topological polar surface area (TPSA) is 132 Å². The zero-order chi connectivity index (χ0) is 26.7. The van der Waals surface area contributed by atoms with Gasteiger partial charge in [-0.05, 0) is 42.0 Å². The van der Waals surface area contributed by atoms with Crippen molar-refractivity contribution in [1.82, 2.24) is 4.98 Å². The van der Waals surface area contributed by atoms with Gasteiger partial charge in [-0.2, -0.15) is 13.2 Å². The number of aliphatic hydroxyl groups is 1. The number of benzene rings is 3. The first-order valence-corrected chi connectivity index (χ1v) is 10.9. The van der Waals surface area contributed by atoms with Crippen molar-refractivity contribution in [2.75, 3.05) is 29.1 Å². The van der Waals surface area contributed by atoms with Crippen molar-refractivity contribution in [2.45, 2.75) is 6.18 Å². The number of hydrogen-bond donors (Lipinski definition) is 6. The van der Waals surface area contributed by atoms with Crippen LogP contribution in [0.5, 0.6) is 0 Å². The highest BCUT2D eigenvalue weighted by molar-refractivity contribution is 6.12. The molecule has 0 aliphatic carbocycles. The van der Waals surface area contributed by atoms with Crippen LogP contribution in [0.15, 0.2) is 60.7 Å². The van der Waals surface area contributed by atoms with E-state index in [9.17, 15) is 27.2 Å². The largest absolute Gasteiger partial charge is 0.416 e. The Morgan fingerprint density at radius 1 is 0.973 bits per heavy atom. The van der Waals surface area contributed by atoms with Gasteiger partial charge in [-0.1, -0.05) is 24.3 Å². The average Bonchev–Trinajstić information content (AvgIpc) is 3.24. The number of aromatic nitrogens is 1. The number of nitrogens with two attached hydrogens (primary N) is 1. The third kappa shape index (κ3) is 5.48. The number of alkyl halides is 3. The van der Waals surface area contributed by atoms with Crippen LogP contribution in [0.1, 0.15) is 16.1 Å². The van der Waals surface area contributed by atoms with E-state index in [1.807, 2.05) is 0 Å². The molecule has 1 heterocycles. The lowest BCUT2D eigenvalue weighted by molar-refractivity contribution is -0.137. The lowest BCUT2D eigenvalue weighted by Crippen LogP contribution is -2.20. The summed E-state index contributed by atoms with van der Waals surface area (Å²) in [6.45, 7) is 0.210. The molecule has 7 N–H and O–H groups in total. The van der Waals surface area contributed by atoms with E-state index in [-0.39, 0.29) is 18.0 Å². The summed E-state index contributed by atoms with van der Waals surface area (Å²) in [6.07, 6.45) is -4.70. The summed E-state index contributed by atoms with van der Waals surface area (Å²) in [4.78, 5) is 27.5. The maximum absolute atomic E-state index is 13.9. The lowest BCUT2D eigenvalue weighted by Gasteiger charge is -2.12. The van der Waals surface area contributed by atoms with Gasteiger partial charge >= 0.3 is 12.2 Å². The number of amides is 3. The van der Waals surface area contributed by atoms with Gasteiger partial charge in [-0.15, -0.1) is 0 Å². The van der Waals surface area contributed by atoms with E-state index >= 15 is 0 Å². The highest BCUT2D eigenvalue weighted by Crippen LogP contribution is 2.36. The predicted octanol–water partition coefficient (Wildman–Crippen LogP) is 5.14. The Bertz CT molecular complexity index is 1470. The SMILES string of the molecule is NC(=O)c1[nH]c2c(NCCO)cccc2c1-c1ccc(NC(=O)Nc2cc(C(F)(F)F)ccc2F)cc1. The van der Waals surface area contributed by atoms with Crippen LogP contribution in [0.3, 0.4) is 0 Å². The average molecular weight is 515 g/mol. The molecule has 4 aromatic rings. The van der Waals surface area contributed by atoms with Crippen molar-refractivity contribution in [2.24, 2.45) is 5.73 Å². The van der Waals surface area contributed by atoms with Crippen LogP contribution in [0.4, 0.5) is 39.4 Å². The number of H-pyrrole nitrogens is 1. The van der Waals surface area contributed by atoms with Crippen molar-refractivity contribution in [3.63, 3.8) is 0 Å². The van der Waals surface area contributed by atoms with Crippen LogP contribution >= 0.6 is 0 Å². The molecule has 0 spiro atoms. The van der Waals surface area contributed by atoms with Gasteiger partial charge in [0, 0.05) is 23.2 Å². The molecule has 0 aliphatic rings. The summed E-state index contributed by atoms with van der Waals surface area (Å²) in [5.74, 6) is -1.71. The third-order valence-electron chi connectivity index (χ3n) is 5.48. The number of urea groups is 1. The van der Waals surface area contributed by atoms with Gasteiger partial charge in [0.05, 0.1) is 29.1 Å². The van der Waals surface area contributed by atoms with Crippen molar-refractivity contribution in [3.05, 3.63) is 77.7 Å². The molecule has 0 saturated carbocycles. The molecule has 3 aromatic carbocycles. The Kier molecular flexibility index (Phi) is 7.02. The van der Waals surface area contributed by atoms with E-state index in [1.165, 1.54) is 12.1 Å². The fourth-order valence-corrected chi connectivity index (χ4v) is 3.84. The van der Waals surface area contributed by atoms with E-state index < -0.39 is 35.2 Å². The molecule has 0 radical (unpaired) electrons. The Labute approximate surface area is 207 Å². The first kappa shape index (κ1) is 25.5. The monoisotopic (exact) mass is 515 g/mol. The molecule has 0 atom stereocenters. The Balaban J connectivity index is 1.58. The van der Waals surface area contributed by atoms with Crippen LogP contribution < -0.4 is 21.7 Å². The van der Waals surface area contributed by atoms with Crippen LogP contribution in [-0.4, -0.2) is 35.2 Å². The first-order chi connectivity index (χ1) is 17.6. The quantitative estimate of drug-likeness (QED) is 0.190. The smallest absolute Gasteiger partial charge is 0.395 e. The van der Waals surface area contributed by atoms with Crippen LogP contribution in [0.2, 0.25) is 0 Å². The Hall–Kier alpha value is -4.58. The number of fused-ring (bicyclic) bond motifs is 1. The van der Waals surface area contributed by atoms with Crippen LogP contribution in [-0.2, 0) is 6.18 Å². The normalized spacial score (nSPS) is 11.4. The number of carbonyl (C=O) groups is 2. The minimum Gasteiger partial charge on any atom is -0.395 e. The number of para-hydroxylation sites is 1. The molecule has 3 amide bonds. The van der Waals surface area contributed by atoms with E-state index in [0.29, 0.717) is 52.5 Å². The van der Waals surface area contributed by atoms with E-state index in [0.717, 1.165) is 0 Å². The molecule has 0 unspecified atom stereocenters. The number of nitrogens with one attached hydrogen (secondary N) is 4. The van der Waals surface area contributed by atoms with Crippen molar-refractivity contribution < 1.29 is 32.3 Å². The lowest BCUT2D eigenvalue weighted by atomic mass is 10.0. The second-order valence-corrected chi connectivity index (χ2v) is 7.97. The van der Waals surface area contributed by atoms with Crippen molar-refractivity contribution in [3.8, 4) is 11.1 Å². The van der Waals surface area contributed by atoms with Gasteiger partial charge in [0.25, 0.3) is 5.91 Å². The summed E-state index contributed by atoms with van der Waals surface area (Å²) in [7, 11) is 0. The fourth-order valence-electron chi connectivity index (χ4n) is 3.84. The Morgan fingerprint density at radius 2 is 1.70 bits per heavy atom. The number of primary amides is 1. The molecule has 4 rings (SSSR count). The van der Waals surface area contributed by atoms with Gasteiger partial charge in [0.1, 0.15) is 11.5 Å². The summed E-state index contributed by atoms with van der Waals surface area (Å²) in [5, 5.41) is 17.3. The molecule has 192 valence electrons. The predicted molar refractivity (Wildman–Crippen MR) is 132 cm³/mol. The molecular weight excluding hydrogens is 494 g/mol. The van der Waals surface area contributed by atoms with Crippen LogP contribution in [0.25, 0.3) is 22.0 Å². The van der Waals surface area contributed by atoms with E-state index in [4.69, 9.17) is 10.8 Å². The summed E-state index contributed by atoms with van der Waals surface area (Å²) < 4.78 is 52.6. The molecule has 0 aliphatic heterocycles. The number of halogens is 4. The number of aromatic amines is 1. The van der Waals surface area contributed by atoms with Gasteiger partial charge in [0.2, 0.25) is 0 Å². The number of anilines is 3. The summed E-state index contributed by atoms with van der Waals surface area (Å²) >= 11 is 0. The zero-order valence-corrected chi connectivity index (χ0v) is 19.0.